The topological polar surface area (TPSA) is 282 Å². The number of urea groups is 1. The van der Waals surface area contributed by atoms with E-state index in [-0.39, 0.29) is 57.1 Å². The summed E-state index contributed by atoms with van der Waals surface area (Å²) in [6.07, 6.45) is 3.75. The molecule has 1 aromatic rings. The molecule has 0 spiro atoms. The zero-order chi connectivity index (χ0) is 32.9. The van der Waals surface area contributed by atoms with Gasteiger partial charge in [0.2, 0.25) is 11.8 Å². The van der Waals surface area contributed by atoms with Crippen molar-refractivity contribution >= 4 is 53.8 Å². The highest BCUT2D eigenvalue weighted by Crippen LogP contribution is 2.07. The fourth-order valence-corrected chi connectivity index (χ4v) is 4.41. The molecule has 0 aromatic heterocycles. The van der Waals surface area contributed by atoms with Crippen LogP contribution in [0, 0.1) is 0 Å². The van der Waals surface area contributed by atoms with Gasteiger partial charge >= 0.3 is 12.0 Å². The molecule has 0 heterocycles. The van der Waals surface area contributed by atoms with Crippen LogP contribution < -0.4 is 44.2 Å². The number of guanidine groups is 2. The van der Waals surface area contributed by atoms with Crippen LogP contribution >= 0.6 is 11.8 Å². The third-order valence-electron chi connectivity index (χ3n) is 6.16. The number of carbonyl (C=O) groups is 5. The Kier molecular flexibility index (Phi) is 18.1. The van der Waals surface area contributed by atoms with Gasteiger partial charge < -0.3 is 54.1 Å². The Labute approximate surface area is 260 Å². The summed E-state index contributed by atoms with van der Waals surface area (Å²) in [5.74, 6) is -2.23. The smallest absolute Gasteiger partial charge is 0.326 e. The van der Waals surface area contributed by atoms with Gasteiger partial charge in [0, 0.05) is 19.5 Å². The second kappa shape index (κ2) is 21.2. The summed E-state index contributed by atoms with van der Waals surface area (Å²) in [4.78, 5) is 70.5. The summed E-state index contributed by atoms with van der Waals surface area (Å²) in [5.41, 5.74) is 22.0. The number of nitrogens with zero attached hydrogens (tertiary/aromatic N) is 2. The molecule has 0 aliphatic carbocycles. The van der Waals surface area contributed by atoms with Crippen molar-refractivity contribution in [2.24, 2.45) is 32.9 Å². The molecule has 4 unspecified atom stereocenters. The van der Waals surface area contributed by atoms with Crippen LogP contribution in [0.15, 0.2) is 40.3 Å². The zero-order valence-corrected chi connectivity index (χ0v) is 25.6. The van der Waals surface area contributed by atoms with E-state index in [1.54, 1.807) is 30.3 Å². The highest BCUT2D eigenvalue weighted by Gasteiger charge is 2.29. The first-order valence-electron chi connectivity index (χ1n) is 14.0. The van der Waals surface area contributed by atoms with E-state index in [9.17, 15) is 29.1 Å². The molecule has 16 nitrogen and oxygen atoms in total. The second-order valence-electron chi connectivity index (χ2n) is 9.74. The quantitative estimate of drug-likeness (QED) is 0.0320. The molecule has 0 fully saturated rings. The third kappa shape index (κ3) is 16.2. The molecule has 0 saturated carbocycles. The third-order valence-corrected chi connectivity index (χ3v) is 6.80. The SMILES string of the molecule is CSCCC(NC(=O)C(CCCN=C(N)N)NC(=O)NC(Cc1ccccc1)C(=O)O)C(=O)NC(C=O)CCCN=C(N)N. The average molecular weight is 637 g/mol. The minimum absolute atomic E-state index is 0.0196. The molecule has 44 heavy (non-hydrogen) atoms. The number of nitrogens with one attached hydrogen (secondary N) is 4. The van der Waals surface area contributed by atoms with Crippen molar-refractivity contribution in [3.8, 4) is 0 Å². The summed E-state index contributed by atoms with van der Waals surface area (Å²) < 4.78 is 0. The first-order valence-corrected chi connectivity index (χ1v) is 15.4. The van der Waals surface area contributed by atoms with E-state index in [0.717, 1.165) is 0 Å². The second-order valence-corrected chi connectivity index (χ2v) is 10.7. The number of thioether (sulfide) groups is 1. The van der Waals surface area contributed by atoms with Gasteiger partial charge in [0.25, 0.3) is 0 Å². The largest absolute Gasteiger partial charge is 0.480 e. The number of aldehydes is 1. The molecule has 4 atom stereocenters. The molecule has 0 bridgehead atoms. The molecule has 0 saturated heterocycles. The number of hydrogen-bond donors (Lipinski definition) is 9. The maximum atomic E-state index is 13.4. The predicted octanol–water partition coefficient (Wildman–Crippen LogP) is -1.62. The van der Waals surface area contributed by atoms with E-state index in [1.165, 1.54) is 11.8 Å². The first-order chi connectivity index (χ1) is 21.0. The maximum Gasteiger partial charge on any atom is 0.326 e. The van der Waals surface area contributed by atoms with Crippen molar-refractivity contribution in [2.75, 3.05) is 25.1 Å². The minimum atomic E-state index is -1.27. The lowest BCUT2D eigenvalue weighted by molar-refractivity contribution is -0.139. The Balaban J connectivity index is 3.00. The Bertz CT molecular complexity index is 1130. The number of hydrogen-bond acceptors (Lipinski definition) is 8. The Morgan fingerprint density at radius 2 is 1.36 bits per heavy atom. The number of benzene rings is 1. The number of aliphatic imine (C=N–C) groups is 2. The molecule has 4 amide bonds. The van der Waals surface area contributed by atoms with Crippen LogP contribution in [0.5, 0.6) is 0 Å². The average Bonchev–Trinajstić information content (AvgIpc) is 2.97. The Hall–Kier alpha value is -4.54. The zero-order valence-electron chi connectivity index (χ0n) is 24.7. The van der Waals surface area contributed by atoms with Gasteiger partial charge in [-0.1, -0.05) is 30.3 Å². The van der Waals surface area contributed by atoms with Crippen LogP contribution in [0.25, 0.3) is 0 Å². The summed E-state index contributed by atoms with van der Waals surface area (Å²) in [5, 5.41) is 19.8. The summed E-state index contributed by atoms with van der Waals surface area (Å²) >= 11 is 1.45. The molecule has 1 aromatic carbocycles. The first kappa shape index (κ1) is 37.5. The molecule has 13 N–H and O–H groups in total. The molecule has 244 valence electrons. The van der Waals surface area contributed by atoms with E-state index >= 15 is 0 Å². The fourth-order valence-electron chi connectivity index (χ4n) is 3.93. The summed E-state index contributed by atoms with van der Waals surface area (Å²) in [6.45, 7) is 0.441. The molecule has 17 heteroatoms. The van der Waals surface area contributed by atoms with Crippen LogP contribution in [0.1, 0.15) is 37.7 Å². The van der Waals surface area contributed by atoms with E-state index < -0.39 is 48.0 Å². The van der Waals surface area contributed by atoms with E-state index in [4.69, 9.17) is 22.9 Å². The number of rotatable bonds is 21. The van der Waals surface area contributed by atoms with Crippen molar-refractivity contribution in [2.45, 2.75) is 62.7 Å². The van der Waals surface area contributed by atoms with E-state index in [1.807, 2.05) is 6.26 Å². The van der Waals surface area contributed by atoms with Gasteiger partial charge in [0.15, 0.2) is 11.9 Å². The van der Waals surface area contributed by atoms with E-state index in [0.29, 0.717) is 24.0 Å². The fraction of sp³-hybridized carbons (Fsp3) is 0.519. The Morgan fingerprint density at radius 3 is 1.91 bits per heavy atom. The number of carbonyl (C=O) groups excluding carboxylic acids is 4. The lowest BCUT2D eigenvalue weighted by Crippen LogP contribution is -2.57. The number of nitrogens with two attached hydrogens (primary N) is 4. The van der Waals surface area contributed by atoms with Gasteiger partial charge in [-0.05, 0) is 49.7 Å². The molecule has 0 aliphatic heterocycles. The number of amides is 4. The van der Waals surface area contributed by atoms with Crippen LogP contribution in [-0.4, -0.2) is 96.4 Å². The molecule has 1 rings (SSSR count). The van der Waals surface area contributed by atoms with Crippen molar-refractivity contribution in [3.05, 3.63) is 35.9 Å². The van der Waals surface area contributed by atoms with Crippen LogP contribution in [0.4, 0.5) is 4.79 Å². The molecular formula is C27H44N10O6S. The highest BCUT2D eigenvalue weighted by molar-refractivity contribution is 7.98. The number of carboxylic acid groups (broad SMARTS) is 1. The summed E-state index contributed by atoms with van der Waals surface area (Å²) in [6, 6.07) is 3.57. The number of carboxylic acids is 1. The molecule has 0 radical (unpaired) electrons. The van der Waals surface area contributed by atoms with Gasteiger partial charge in [-0.25, -0.2) is 9.59 Å². The van der Waals surface area contributed by atoms with Crippen LogP contribution in [-0.2, 0) is 25.6 Å². The lowest BCUT2D eigenvalue weighted by atomic mass is 10.1. The number of aliphatic carboxylic acids is 1. The standard InChI is InChI=1S/C27H44N10O6S/c1-44-14-11-20(22(39)34-18(16-38)9-5-12-32-25(28)29)35-23(40)19(10-6-13-33-26(30)31)36-27(43)37-21(24(41)42)15-17-7-3-2-4-8-17/h2-4,7-8,16,18-21H,5-6,9-15H2,1H3,(H,34,39)(H,35,40)(H,41,42)(H4,28,29,32)(H4,30,31,33)(H2,36,37,43). The van der Waals surface area contributed by atoms with Crippen molar-refractivity contribution in [1.82, 2.24) is 21.3 Å². The van der Waals surface area contributed by atoms with Crippen LogP contribution in [0.2, 0.25) is 0 Å². The van der Waals surface area contributed by atoms with E-state index in [2.05, 4.69) is 31.3 Å². The van der Waals surface area contributed by atoms with Crippen LogP contribution in [0.3, 0.4) is 0 Å². The van der Waals surface area contributed by atoms with Gasteiger partial charge in [-0.15, -0.1) is 0 Å². The Morgan fingerprint density at radius 1 is 0.818 bits per heavy atom. The van der Waals surface area contributed by atoms with Crippen molar-refractivity contribution in [3.63, 3.8) is 0 Å². The normalized spacial score (nSPS) is 13.2. The van der Waals surface area contributed by atoms with Gasteiger partial charge in [0.1, 0.15) is 24.4 Å². The van der Waals surface area contributed by atoms with Crippen molar-refractivity contribution in [1.29, 1.82) is 0 Å². The highest BCUT2D eigenvalue weighted by atomic mass is 32.2. The van der Waals surface area contributed by atoms with Gasteiger partial charge in [0.05, 0.1) is 6.04 Å². The van der Waals surface area contributed by atoms with Gasteiger partial charge in [-0.2, -0.15) is 11.8 Å². The predicted molar refractivity (Wildman–Crippen MR) is 170 cm³/mol. The molecular weight excluding hydrogens is 592 g/mol. The summed E-state index contributed by atoms with van der Waals surface area (Å²) in [7, 11) is 0. The minimum Gasteiger partial charge on any atom is -0.480 e. The van der Waals surface area contributed by atoms with Gasteiger partial charge in [-0.3, -0.25) is 19.6 Å². The molecule has 0 aliphatic rings. The van der Waals surface area contributed by atoms with Crippen molar-refractivity contribution < 1.29 is 29.1 Å². The lowest BCUT2D eigenvalue weighted by Gasteiger charge is -2.25. The maximum absolute atomic E-state index is 13.4. The monoisotopic (exact) mass is 636 g/mol.